The lowest BCUT2D eigenvalue weighted by atomic mass is 10.2. The van der Waals surface area contributed by atoms with Gasteiger partial charge in [-0.05, 0) is 19.8 Å². The predicted molar refractivity (Wildman–Crippen MR) is 56.0 cm³/mol. The molecule has 13 heavy (non-hydrogen) atoms. The SMILES string of the molecule is CCn1cc(C)nc1NCC(C)C. The first kappa shape index (κ1) is 10.1. The molecule has 0 fully saturated rings. The van der Waals surface area contributed by atoms with Crippen LogP contribution >= 0.6 is 0 Å². The van der Waals surface area contributed by atoms with Crippen LogP contribution in [0.4, 0.5) is 5.95 Å². The summed E-state index contributed by atoms with van der Waals surface area (Å²) in [5.41, 5.74) is 1.08. The quantitative estimate of drug-likeness (QED) is 0.772. The molecule has 0 radical (unpaired) electrons. The Kier molecular flexibility index (Phi) is 3.34. The summed E-state index contributed by atoms with van der Waals surface area (Å²) in [6.45, 7) is 10.5. The molecule has 0 aliphatic rings. The number of anilines is 1. The minimum atomic E-state index is 0.655. The number of aryl methyl sites for hydroxylation is 2. The number of hydrogen-bond donors (Lipinski definition) is 1. The van der Waals surface area contributed by atoms with Crippen LogP contribution in [0.2, 0.25) is 0 Å². The van der Waals surface area contributed by atoms with Gasteiger partial charge in [-0.25, -0.2) is 4.98 Å². The Hall–Kier alpha value is -0.990. The minimum Gasteiger partial charge on any atom is -0.355 e. The van der Waals surface area contributed by atoms with E-state index in [1.807, 2.05) is 6.92 Å². The van der Waals surface area contributed by atoms with Crippen LogP contribution in [0.1, 0.15) is 26.5 Å². The molecule has 0 saturated carbocycles. The van der Waals surface area contributed by atoms with Gasteiger partial charge in [0.25, 0.3) is 0 Å². The highest BCUT2D eigenvalue weighted by atomic mass is 15.2. The molecule has 1 N–H and O–H groups in total. The van der Waals surface area contributed by atoms with E-state index in [-0.39, 0.29) is 0 Å². The lowest BCUT2D eigenvalue weighted by Gasteiger charge is -2.09. The molecule has 0 unspecified atom stereocenters. The van der Waals surface area contributed by atoms with Gasteiger partial charge in [0.1, 0.15) is 0 Å². The van der Waals surface area contributed by atoms with Gasteiger partial charge in [-0.1, -0.05) is 13.8 Å². The van der Waals surface area contributed by atoms with Gasteiger partial charge in [0.05, 0.1) is 5.69 Å². The molecule has 0 aliphatic carbocycles. The summed E-state index contributed by atoms with van der Waals surface area (Å²) >= 11 is 0. The van der Waals surface area contributed by atoms with E-state index in [0.717, 1.165) is 24.7 Å². The van der Waals surface area contributed by atoms with E-state index >= 15 is 0 Å². The van der Waals surface area contributed by atoms with Crippen molar-refractivity contribution in [2.75, 3.05) is 11.9 Å². The number of imidazole rings is 1. The fraction of sp³-hybridized carbons (Fsp3) is 0.700. The average Bonchev–Trinajstić information content (AvgIpc) is 2.42. The first-order chi connectivity index (χ1) is 6.13. The molecule has 3 heteroatoms. The van der Waals surface area contributed by atoms with Gasteiger partial charge in [0.15, 0.2) is 0 Å². The van der Waals surface area contributed by atoms with Gasteiger partial charge in [-0.3, -0.25) is 0 Å². The molecule has 1 aromatic rings. The molecule has 0 saturated heterocycles. The zero-order chi connectivity index (χ0) is 9.84. The molecule has 1 aromatic heterocycles. The van der Waals surface area contributed by atoms with Crippen molar-refractivity contribution in [1.29, 1.82) is 0 Å². The van der Waals surface area contributed by atoms with Gasteiger partial charge >= 0.3 is 0 Å². The largest absolute Gasteiger partial charge is 0.355 e. The highest BCUT2D eigenvalue weighted by molar-refractivity contribution is 5.28. The zero-order valence-electron chi connectivity index (χ0n) is 8.96. The molecule has 0 atom stereocenters. The van der Waals surface area contributed by atoms with Gasteiger partial charge in [0, 0.05) is 19.3 Å². The van der Waals surface area contributed by atoms with E-state index in [0.29, 0.717) is 5.92 Å². The van der Waals surface area contributed by atoms with Crippen molar-refractivity contribution in [2.24, 2.45) is 5.92 Å². The maximum absolute atomic E-state index is 4.41. The van der Waals surface area contributed by atoms with Crippen molar-refractivity contribution < 1.29 is 0 Å². The maximum Gasteiger partial charge on any atom is 0.203 e. The van der Waals surface area contributed by atoms with Gasteiger partial charge in [-0.2, -0.15) is 0 Å². The van der Waals surface area contributed by atoms with Crippen LogP contribution in [0.25, 0.3) is 0 Å². The summed E-state index contributed by atoms with van der Waals surface area (Å²) in [6.07, 6.45) is 2.07. The molecule has 1 heterocycles. The van der Waals surface area contributed by atoms with Crippen molar-refractivity contribution in [3.8, 4) is 0 Å². The van der Waals surface area contributed by atoms with E-state index in [1.165, 1.54) is 0 Å². The molecule has 0 amide bonds. The normalized spacial score (nSPS) is 10.8. The van der Waals surface area contributed by atoms with Gasteiger partial charge < -0.3 is 9.88 Å². The fourth-order valence-corrected chi connectivity index (χ4v) is 1.22. The number of rotatable bonds is 4. The van der Waals surface area contributed by atoms with E-state index in [1.54, 1.807) is 0 Å². The third-order valence-corrected chi connectivity index (χ3v) is 1.91. The van der Waals surface area contributed by atoms with E-state index < -0.39 is 0 Å². The zero-order valence-corrected chi connectivity index (χ0v) is 8.96. The van der Waals surface area contributed by atoms with E-state index in [2.05, 4.69) is 41.8 Å². The van der Waals surface area contributed by atoms with Crippen molar-refractivity contribution in [3.63, 3.8) is 0 Å². The third kappa shape index (κ3) is 2.76. The second kappa shape index (κ2) is 4.30. The highest BCUT2D eigenvalue weighted by Crippen LogP contribution is 2.08. The number of hydrogen-bond acceptors (Lipinski definition) is 2. The molecular weight excluding hydrogens is 162 g/mol. The van der Waals surface area contributed by atoms with Crippen molar-refractivity contribution >= 4 is 5.95 Å². The monoisotopic (exact) mass is 181 g/mol. The third-order valence-electron chi connectivity index (χ3n) is 1.91. The number of aromatic nitrogens is 2. The maximum atomic E-state index is 4.41. The second-order valence-electron chi connectivity index (χ2n) is 3.77. The topological polar surface area (TPSA) is 29.9 Å². The Morgan fingerprint density at radius 2 is 2.23 bits per heavy atom. The van der Waals surface area contributed by atoms with Crippen molar-refractivity contribution in [1.82, 2.24) is 9.55 Å². The molecule has 0 bridgehead atoms. The van der Waals surface area contributed by atoms with Crippen LogP contribution in [0, 0.1) is 12.8 Å². The van der Waals surface area contributed by atoms with Crippen LogP contribution in [-0.4, -0.2) is 16.1 Å². The number of nitrogens with one attached hydrogen (secondary N) is 1. The molecule has 74 valence electrons. The molecular formula is C10H19N3. The van der Waals surface area contributed by atoms with Gasteiger partial charge in [-0.15, -0.1) is 0 Å². The molecule has 0 aromatic carbocycles. The molecule has 1 rings (SSSR count). The van der Waals surface area contributed by atoms with E-state index in [9.17, 15) is 0 Å². The first-order valence-electron chi connectivity index (χ1n) is 4.91. The van der Waals surface area contributed by atoms with Crippen LogP contribution in [0.15, 0.2) is 6.20 Å². The minimum absolute atomic E-state index is 0.655. The fourth-order valence-electron chi connectivity index (χ4n) is 1.22. The molecule has 0 aliphatic heterocycles. The lowest BCUT2D eigenvalue weighted by Crippen LogP contribution is -2.12. The Bertz CT molecular complexity index is 263. The van der Waals surface area contributed by atoms with Crippen LogP contribution in [0.3, 0.4) is 0 Å². The Labute approximate surface area is 80.2 Å². The summed E-state index contributed by atoms with van der Waals surface area (Å²) < 4.78 is 2.14. The van der Waals surface area contributed by atoms with Crippen LogP contribution in [-0.2, 0) is 6.54 Å². The highest BCUT2D eigenvalue weighted by Gasteiger charge is 2.03. The summed E-state index contributed by atoms with van der Waals surface area (Å²) in [5.74, 6) is 1.65. The number of nitrogens with zero attached hydrogens (tertiary/aromatic N) is 2. The summed E-state index contributed by atoms with van der Waals surface area (Å²) in [5, 5.41) is 3.34. The van der Waals surface area contributed by atoms with Crippen molar-refractivity contribution in [3.05, 3.63) is 11.9 Å². The lowest BCUT2D eigenvalue weighted by molar-refractivity contribution is 0.673. The smallest absolute Gasteiger partial charge is 0.203 e. The second-order valence-corrected chi connectivity index (χ2v) is 3.77. The van der Waals surface area contributed by atoms with E-state index in [4.69, 9.17) is 0 Å². The standard InChI is InChI=1S/C10H19N3/c1-5-13-7-9(4)12-10(13)11-6-8(2)3/h7-8H,5-6H2,1-4H3,(H,11,12). The predicted octanol–water partition coefficient (Wildman–Crippen LogP) is 2.28. The van der Waals surface area contributed by atoms with Crippen molar-refractivity contribution in [2.45, 2.75) is 34.2 Å². The first-order valence-corrected chi connectivity index (χ1v) is 4.91. The molecule has 0 spiro atoms. The average molecular weight is 181 g/mol. The van der Waals surface area contributed by atoms with Gasteiger partial charge in [0.2, 0.25) is 5.95 Å². The Balaban J connectivity index is 2.64. The summed E-state index contributed by atoms with van der Waals surface area (Å²) in [4.78, 5) is 4.41. The Morgan fingerprint density at radius 3 is 2.77 bits per heavy atom. The van der Waals surface area contributed by atoms with Crippen LogP contribution in [0.5, 0.6) is 0 Å². The summed E-state index contributed by atoms with van der Waals surface area (Å²) in [6, 6.07) is 0. The molecule has 3 nitrogen and oxygen atoms in total. The summed E-state index contributed by atoms with van der Waals surface area (Å²) in [7, 11) is 0. The van der Waals surface area contributed by atoms with Crippen LogP contribution < -0.4 is 5.32 Å². The Morgan fingerprint density at radius 1 is 1.54 bits per heavy atom.